The summed E-state index contributed by atoms with van der Waals surface area (Å²) in [6.07, 6.45) is 1.45. The molecule has 0 radical (unpaired) electrons. The zero-order chi connectivity index (χ0) is 22.7. The molecule has 1 aliphatic rings. The number of benzene rings is 2. The highest BCUT2D eigenvalue weighted by molar-refractivity contribution is 7.89. The molecule has 2 heterocycles. The molecular weight excluding hydrogens is 428 g/mol. The predicted molar refractivity (Wildman–Crippen MR) is 122 cm³/mol. The van der Waals surface area contributed by atoms with E-state index in [0.29, 0.717) is 43.3 Å². The quantitative estimate of drug-likeness (QED) is 0.581. The zero-order valence-corrected chi connectivity index (χ0v) is 19.2. The molecule has 0 bridgehead atoms. The molecule has 0 aliphatic carbocycles. The van der Waals surface area contributed by atoms with Gasteiger partial charge < -0.3 is 14.1 Å². The van der Waals surface area contributed by atoms with E-state index >= 15 is 0 Å². The number of hydrogen-bond donors (Lipinski definition) is 1. The smallest absolute Gasteiger partial charge is 0.289 e. The Balaban J connectivity index is 1.35. The van der Waals surface area contributed by atoms with Gasteiger partial charge in [0.15, 0.2) is 5.76 Å². The third kappa shape index (κ3) is 4.81. The van der Waals surface area contributed by atoms with Crippen molar-refractivity contribution in [1.82, 2.24) is 9.62 Å². The van der Waals surface area contributed by atoms with E-state index in [1.807, 2.05) is 44.2 Å². The molecule has 170 valence electrons. The van der Waals surface area contributed by atoms with Crippen molar-refractivity contribution in [3.63, 3.8) is 0 Å². The van der Waals surface area contributed by atoms with Crippen LogP contribution in [0, 0.1) is 12.8 Å². The maximum Gasteiger partial charge on any atom is 0.289 e. The highest BCUT2D eigenvalue weighted by Crippen LogP contribution is 2.26. The average molecular weight is 457 g/mol. The fourth-order valence-corrected chi connectivity index (χ4v) is 5.33. The van der Waals surface area contributed by atoms with Crippen LogP contribution in [0.25, 0.3) is 11.0 Å². The Hall–Kier alpha value is -2.84. The standard InChI is InChI=1S/C24H28N2O5S/c1-3-30-21-9-8-17(2)14-23(21)32(28,29)25-16-18-10-12-26(13-11-18)24(27)22-15-19-6-4-5-7-20(19)31-22/h4-9,14-15,18,25H,3,10-13,16H2,1-2H3. The number of likely N-dealkylation sites (tertiary alicyclic amines) is 1. The van der Waals surface area contributed by atoms with Gasteiger partial charge in [-0.2, -0.15) is 0 Å². The van der Waals surface area contributed by atoms with Gasteiger partial charge >= 0.3 is 0 Å². The molecular formula is C24H28N2O5S. The monoisotopic (exact) mass is 456 g/mol. The molecule has 7 nitrogen and oxygen atoms in total. The number of carbonyl (C=O) groups is 1. The van der Waals surface area contributed by atoms with Crippen LogP contribution in [-0.2, 0) is 10.0 Å². The van der Waals surface area contributed by atoms with Crippen molar-refractivity contribution in [2.24, 2.45) is 5.92 Å². The summed E-state index contributed by atoms with van der Waals surface area (Å²) < 4.78 is 39.7. The van der Waals surface area contributed by atoms with Gasteiger partial charge in [0.05, 0.1) is 6.61 Å². The first-order valence-corrected chi connectivity index (χ1v) is 12.4. The summed E-state index contributed by atoms with van der Waals surface area (Å²) in [4.78, 5) is 14.8. The Bertz CT molecular complexity index is 1180. The molecule has 1 saturated heterocycles. The summed E-state index contributed by atoms with van der Waals surface area (Å²) in [6, 6.07) is 14.5. The summed E-state index contributed by atoms with van der Waals surface area (Å²) in [7, 11) is -3.69. The minimum Gasteiger partial charge on any atom is -0.492 e. The van der Waals surface area contributed by atoms with Crippen LogP contribution in [0.3, 0.4) is 0 Å². The molecule has 0 saturated carbocycles. The lowest BCUT2D eigenvalue weighted by atomic mass is 9.97. The number of amides is 1. The Morgan fingerprint density at radius 1 is 1.16 bits per heavy atom. The average Bonchev–Trinajstić information content (AvgIpc) is 3.23. The number of para-hydroxylation sites is 1. The molecule has 1 aliphatic heterocycles. The predicted octanol–water partition coefficient (Wildman–Crippen LogP) is 3.97. The van der Waals surface area contributed by atoms with Crippen LogP contribution >= 0.6 is 0 Å². The molecule has 1 fully saturated rings. The van der Waals surface area contributed by atoms with E-state index in [4.69, 9.17) is 9.15 Å². The summed E-state index contributed by atoms with van der Waals surface area (Å²) in [6.45, 7) is 5.53. The lowest BCUT2D eigenvalue weighted by molar-refractivity contribution is 0.0662. The number of piperidine rings is 1. The number of aryl methyl sites for hydroxylation is 1. The topological polar surface area (TPSA) is 88.9 Å². The van der Waals surface area contributed by atoms with Crippen molar-refractivity contribution in [3.05, 3.63) is 59.9 Å². The Morgan fingerprint density at radius 2 is 1.91 bits per heavy atom. The highest BCUT2D eigenvalue weighted by Gasteiger charge is 2.27. The molecule has 3 aromatic rings. The maximum absolute atomic E-state index is 12.9. The highest BCUT2D eigenvalue weighted by atomic mass is 32.2. The van der Waals surface area contributed by atoms with Gasteiger partial charge in [0.25, 0.3) is 5.91 Å². The lowest BCUT2D eigenvalue weighted by Gasteiger charge is -2.31. The fraction of sp³-hybridized carbons (Fsp3) is 0.375. The van der Waals surface area contributed by atoms with Gasteiger partial charge in [-0.3, -0.25) is 4.79 Å². The minimum absolute atomic E-state index is 0.124. The van der Waals surface area contributed by atoms with E-state index in [9.17, 15) is 13.2 Å². The molecule has 1 amide bonds. The van der Waals surface area contributed by atoms with Gasteiger partial charge in [-0.15, -0.1) is 0 Å². The SMILES string of the molecule is CCOc1ccc(C)cc1S(=O)(=O)NCC1CCN(C(=O)c2cc3ccccc3o2)CC1. The van der Waals surface area contributed by atoms with Crippen LogP contribution in [0.5, 0.6) is 5.75 Å². The second kappa shape index (κ2) is 9.34. The second-order valence-corrected chi connectivity index (χ2v) is 9.85. The van der Waals surface area contributed by atoms with Gasteiger partial charge in [-0.05, 0) is 62.4 Å². The van der Waals surface area contributed by atoms with Gasteiger partial charge in [0.2, 0.25) is 10.0 Å². The molecule has 0 atom stereocenters. The number of nitrogens with one attached hydrogen (secondary N) is 1. The first-order valence-electron chi connectivity index (χ1n) is 10.9. The van der Waals surface area contributed by atoms with Crippen LogP contribution < -0.4 is 9.46 Å². The van der Waals surface area contributed by atoms with Crippen molar-refractivity contribution in [2.45, 2.75) is 31.6 Å². The van der Waals surface area contributed by atoms with Crippen LogP contribution in [0.4, 0.5) is 0 Å². The number of fused-ring (bicyclic) bond motifs is 1. The van der Waals surface area contributed by atoms with Crippen molar-refractivity contribution in [1.29, 1.82) is 0 Å². The largest absolute Gasteiger partial charge is 0.492 e. The van der Waals surface area contributed by atoms with Crippen molar-refractivity contribution < 1.29 is 22.4 Å². The van der Waals surface area contributed by atoms with Crippen LogP contribution in [0.1, 0.15) is 35.9 Å². The lowest BCUT2D eigenvalue weighted by Crippen LogP contribution is -2.41. The van der Waals surface area contributed by atoms with E-state index in [1.165, 1.54) is 0 Å². The number of ether oxygens (including phenoxy) is 1. The summed E-state index contributed by atoms with van der Waals surface area (Å²) in [5, 5.41) is 0.905. The Labute approximate surface area is 188 Å². The van der Waals surface area contributed by atoms with Crippen LogP contribution in [0.15, 0.2) is 57.8 Å². The molecule has 32 heavy (non-hydrogen) atoms. The normalized spacial score (nSPS) is 15.2. The molecule has 1 aromatic heterocycles. The summed E-state index contributed by atoms with van der Waals surface area (Å²) in [5.74, 6) is 0.733. The third-order valence-electron chi connectivity index (χ3n) is 5.79. The number of sulfonamides is 1. The van der Waals surface area contributed by atoms with Gasteiger partial charge in [-0.1, -0.05) is 24.3 Å². The van der Waals surface area contributed by atoms with Gasteiger partial charge in [-0.25, -0.2) is 13.1 Å². The van der Waals surface area contributed by atoms with E-state index in [2.05, 4.69) is 4.72 Å². The fourth-order valence-electron chi connectivity index (χ4n) is 3.99. The van der Waals surface area contributed by atoms with Crippen LogP contribution in [-0.4, -0.2) is 45.5 Å². The zero-order valence-electron chi connectivity index (χ0n) is 18.3. The Morgan fingerprint density at radius 3 is 2.62 bits per heavy atom. The molecule has 0 spiro atoms. The molecule has 0 unspecified atom stereocenters. The number of hydrogen-bond acceptors (Lipinski definition) is 5. The van der Waals surface area contributed by atoms with Crippen molar-refractivity contribution in [3.8, 4) is 5.75 Å². The number of nitrogens with zero attached hydrogens (tertiary/aromatic N) is 1. The van der Waals surface area contributed by atoms with Gasteiger partial charge in [0.1, 0.15) is 16.2 Å². The maximum atomic E-state index is 12.9. The van der Waals surface area contributed by atoms with E-state index in [1.54, 1.807) is 23.1 Å². The second-order valence-electron chi connectivity index (χ2n) is 8.12. The van der Waals surface area contributed by atoms with Gasteiger partial charge in [0, 0.05) is 25.0 Å². The number of furan rings is 1. The summed E-state index contributed by atoms with van der Waals surface area (Å²) >= 11 is 0. The minimum atomic E-state index is -3.69. The first kappa shape index (κ1) is 22.4. The summed E-state index contributed by atoms with van der Waals surface area (Å²) in [5.41, 5.74) is 1.55. The molecule has 8 heteroatoms. The molecule has 4 rings (SSSR count). The van der Waals surface area contributed by atoms with Crippen LogP contribution in [0.2, 0.25) is 0 Å². The van der Waals surface area contributed by atoms with Crippen molar-refractivity contribution in [2.75, 3.05) is 26.2 Å². The molecule has 2 aromatic carbocycles. The van der Waals surface area contributed by atoms with E-state index in [0.717, 1.165) is 23.8 Å². The van der Waals surface area contributed by atoms with E-state index < -0.39 is 10.0 Å². The van der Waals surface area contributed by atoms with Crippen molar-refractivity contribution >= 4 is 26.9 Å². The number of carbonyl (C=O) groups excluding carboxylic acids is 1. The third-order valence-corrected chi connectivity index (χ3v) is 7.23. The molecule has 1 N–H and O–H groups in total. The van der Waals surface area contributed by atoms with E-state index in [-0.39, 0.29) is 16.7 Å². The number of rotatable bonds is 7. The first-order chi connectivity index (χ1) is 15.4. The Kier molecular flexibility index (Phi) is 6.53.